The molecule has 2 aromatic heterocycles. The Balaban J connectivity index is 0.000000178. The largest absolute Gasteiger partial charge is 0.496 e. The fourth-order valence-corrected chi connectivity index (χ4v) is 8.62. The van der Waals surface area contributed by atoms with Gasteiger partial charge in [-0.2, -0.15) is 13.2 Å². The Morgan fingerprint density at radius 1 is 1.13 bits per heavy atom. The number of aromatic nitrogens is 2. The summed E-state index contributed by atoms with van der Waals surface area (Å²) in [6.45, 7) is 8.38. The second kappa shape index (κ2) is 21.9. The molecule has 11 nitrogen and oxygen atoms in total. The van der Waals surface area contributed by atoms with Crippen molar-refractivity contribution < 1.29 is 36.7 Å². The number of hydrogen-bond acceptors (Lipinski definition) is 9. The van der Waals surface area contributed by atoms with E-state index in [9.17, 15) is 36.7 Å². The van der Waals surface area contributed by atoms with Crippen LogP contribution in [0.4, 0.5) is 23.2 Å². The van der Waals surface area contributed by atoms with Gasteiger partial charge in [0.25, 0.3) is 0 Å². The number of halogens is 4. The van der Waals surface area contributed by atoms with E-state index in [2.05, 4.69) is 52.9 Å². The third-order valence-electron chi connectivity index (χ3n) is 10.7. The number of nitrogens with two attached hydrogens (primary N) is 1. The summed E-state index contributed by atoms with van der Waals surface area (Å²) < 4.78 is 59.4. The number of pyridine rings is 1. The van der Waals surface area contributed by atoms with E-state index in [0.29, 0.717) is 54.0 Å². The van der Waals surface area contributed by atoms with E-state index >= 15 is 0 Å². The fraction of sp³-hybridized carbons (Fsp3) is 0.489. The first-order valence-corrected chi connectivity index (χ1v) is 22.8. The van der Waals surface area contributed by atoms with E-state index in [-0.39, 0.29) is 29.5 Å². The number of alkyl halides is 3. The van der Waals surface area contributed by atoms with Gasteiger partial charge in [-0.1, -0.05) is 45.8 Å². The molecule has 3 atom stereocenters. The molecule has 3 amide bonds. The molecule has 3 fully saturated rings. The number of aromatic amines is 1. The number of ether oxygens (including phenoxy) is 1. The molecule has 1 saturated heterocycles. The topological polar surface area (TPSA) is 160 Å². The molecule has 0 unspecified atom stereocenters. The molecule has 62 heavy (non-hydrogen) atoms. The van der Waals surface area contributed by atoms with E-state index in [1.165, 1.54) is 43.4 Å². The van der Waals surface area contributed by atoms with Crippen LogP contribution in [0, 0.1) is 24.6 Å². The molecule has 5 N–H and O–H groups in total. The van der Waals surface area contributed by atoms with Crippen LogP contribution >= 0.6 is 23.3 Å². The Hall–Kier alpha value is -4.90. The zero-order valence-electron chi connectivity index (χ0n) is 35.7. The minimum atomic E-state index is -4.69. The second-order valence-electron chi connectivity index (χ2n) is 16.0. The summed E-state index contributed by atoms with van der Waals surface area (Å²) in [6.07, 6.45) is 9.57. The van der Waals surface area contributed by atoms with Gasteiger partial charge in [-0.05, 0) is 106 Å². The molecule has 0 spiro atoms. The maximum Gasteiger partial charge on any atom is 0.416 e. The SMILES string of the molecule is CCCCC/C=C\[C@@H]1C[C@@H]1C(=O)NSC1CC1.COc1ccc2c(=O)cc(-c3nc(C(C)C)cs3)[nH]c2c1C.NC(=O)[C@@H]1CCCN1C(=O)CNc1cc(F)cc(C(F)(F)F)c1. The second-order valence-corrected chi connectivity index (χ2v) is 18.0. The van der Waals surface area contributed by atoms with E-state index in [1.54, 1.807) is 42.5 Å². The van der Waals surface area contributed by atoms with E-state index < -0.39 is 35.4 Å². The Morgan fingerprint density at radius 3 is 2.53 bits per heavy atom. The number of carbonyl (C=O) groups is 3. The van der Waals surface area contributed by atoms with Gasteiger partial charge in [-0.25, -0.2) is 9.37 Å². The summed E-state index contributed by atoms with van der Waals surface area (Å²) in [5, 5.41) is 6.71. The van der Waals surface area contributed by atoms with Crippen molar-refractivity contribution in [1.29, 1.82) is 0 Å². The number of amides is 3. The molecule has 7 rings (SSSR count). The number of unbranched alkanes of at least 4 members (excludes halogenated alkanes) is 3. The first-order chi connectivity index (χ1) is 29.5. The number of hydrogen-bond donors (Lipinski definition) is 4. The highest BCUT2D eigenvalue weighted by Crippen LogP contribution is 2.41. The zero-order chi connectivity index (χ0) is 45.1. The van der Waals surface area contributed by atoms with Crippen molar-refractivity contribution in [1.82, 2.24) is 19.6 Å². The quantitative estimate of drug-likeness (QED) is 0.0398. The van der Waals surface area contributed by atoms with Crippen LogP contribution in [0.15, 0.2) is 58.7 Å². The molecular weight excluding hydrogens is 845 g/mol. The predicted octanol–water partition coefficient (Wildman–Crippen LogP) is 9.51. The molecule has 0 bridgehead atoms. The molecular formula is C45H56F4N6O5S2. The van der Waals surface area contributed by atoms with Gasteiger partial charge < -0.3 is 25.7 Å². The predicted molar refractivity (Wildman–Crippen MR) is 239 cm³/mol. The summed E-state index contributed by atoms with van der Waals surface area (Å²) >= 11 is 3.18. The standard InChI is InChI=1S/C17H18N2O2S.C14H15F4N3O2.C14H23NOS/c1-9(2)13-8-22-17(19-13)12-7-14(20)11-5-6-15(21-4)10(3)16(11)18-12;15-9-4-8(14(16,17)18)5-10(6-9)20-7-12(22)21-3-1-2-11(21)13(19)23;1-2-3-4-5-6-7-11-10-13(11)14(16)15-17-12-8-9-12/h5-9H,1-4H3,(H,18,20);4-6,11,20H,1-3,7H2,(H2,19,23);6-7,11-13H,2-5,8-10H2,1H3,(H,15,16)/b;;7-6-/t;11-;11-,13+/m.01/s1. The van der Waals surface area contributed by atoms with Gasteiger partial charge in [0.2, 0.25) is 17.7 Å². The first kappa shape index (κ1) is 48.1. The van der Waals surface area contributed by atoms with Gasteiger partial charge in [0.05, 0.1) is 36.1 Å². The van der Waals surface area contributed by atoms with Gasteiger partial charge in [0, 0.05) is 45.8 Å². The number of allylic oxidation sites excluding steroid dienone is 2. The Bertz CT molecular complexity index is 2270. The monoisotopic (exact) mass is 900 g/mol. The number of anilines is 1. The Morgan fingerprint density at radius 2 is 1.89 bits per heavy atom. The van der Waals surface area contributed by atoms with Crippen LogP contribution in [0.5, 0.6) is 5.75 Å². The van der Waals surface area contributed by atoms with Crippen LogP contribution in [0.1, 0.15) is 101 Å². The van der Waals surface area contributed by atoms with Crippen LogP contribution in [-0.2, 0) is 20.6 Å². The van der Waals surface area contributed by atoms with Crippen LogP contribution < -0.4 is 25.9 Å². The number of rotatable bonds is 15. The maximum absolute atomic E-state index is 13.3. The van der Waals surface area contributed by atoms with Crippen molar-refractivity contribution in [3.63, 3.8) is 0 Å². The third-order valence-corrected chi connectivity index (χ3v) is 12.8. The number of thiazole rings is 1. The lowest BCUT2D eigenvalue weighted by molar-refractivity contribution is -0.137. The van der Waals surface area contributed by atoms with E-state index in [4.69, 9.17) is 10.5 Å². The minimum Gasteiger partial charge on any atom is -0.496 e. The number of primary amides is 1. The Kier molecular flexibility index (Phi) is 17.0. The number of H-pyrrole nitrogens is 1. The van der Waals surface area contributed by atoms with E-state index in [0.717, 1.165) is 45.7 Å². The van der Waals surface area contributed by atoms with Crippen LogP contribution in [0.3, 0.4) is 0 Å². The lowest BCUT2D eigenvalue weighted by Crippen LogP contribution is -2.45. The number of likely N-dealkylation sites (tertiary alicyclic amines) is 1. The van der Waals surface area contributed by atoms with Gasteiger partial charge in [0.15, 0.2) is 5.43 Å². The molecule has 3 aliphatic rings. The number of fused-ring (bicyclic) bond motifs is 1. The molecule has 0 radical (unpaired) electrons. The molecule has 2 aliphatic carbocycles. The van der Waals surface area contributed by atoms with Crippen LogP contribution in [0.2, 0.25) is 0 Å². The summed E-state index contributed by atoms with van der Waals surface area (Å²) in [4.78, 5) is 56.6. The average Bonchev–Trinajstić information content (AvgIpc) is 4.10. The molecule has 4 aromatic rings. The van der Waals surface area contributed by atoms with Crippen molar-refractivity contribution in [2.24, 2.45) is 17.6 Å². The molecule has 2 saturated carbocycles. The molecule has 2 aromatic carbocycles. The van der Waals surface area contributed by atoms with Crippen molar-refractivity contribution in [3.8, 4) is 16.5 Å². The summed E-state index contributed by atoms with van der Waals surface area (Å²) in [6, 6.07) is 6.48. The number of methoxy groups -OCH3 is 1. The van der Waals surface area contributed by atoms with Crippen molar-refractivity contribution in [2.45, 2.75) is 109 Å². The van der Waals surface area contributed by atoms with Gasteiger partial charge in [-0.15, -0.1) is 11.3 Å². The molecule has 17 heteroatoms. The fourth-order valence-electron chi connectivity index (χ4n) is 6.86. The van der Waals surface area contributed by atoms with E-state index in [1.807, 2.05) is 18.4 Å². The maximum atomic E-state index is 13.3. The van der Waals surface area contributed by atoms with Crippen molar-refractivity contribution in [2.75, 3.05) is 25.5 Å². The number of benzene rings is 2. The molecule has 1 aliphatic heterocycles. The van der Waals surface area contributed by atoms with Gasteiger partial charge >= 0.3 is 6.18 Å². The van der Waals surface area contributed by atoms with Crippen molar-refractivity contribution in [3.05, 3.63) is 86.8 Å². The number of carbonyl (C=O) groups excluding carboxylic acids is 3. The highest BCUT2D eigenvalue weighted by atomic mass is 32.2. The highest BCUT2D eigenvalue weighted by molar-refractivity contribution is 7.98. The zero-order valence-corrected chi connectivity index (χ0v) is 37.3. The van der Waals surface area contributed by atoms with Crippen LogP contribution in [-0.4, -0.2) is 64.1 Å². The number of nitrogens with one attached hydrogen (secondary N) is 3. The molecule has 3 heterocycles. The lowest BCUT2D eigenvalue weighted by Gasteiger charge is -2.22. The first-order valence-electron chi connectivity index (χ1n) is 21.0. The number of nitrogens with zero attached hydrogens (tertiary/aromatic N) is 2. The average molecular weight is 901 g/mol. The Labute approximate surface area is 367 Å². The van der Waals surface area contributed by atoms with Gasteiger partial charge in [0.1, 0.15) is 22.6 Å². The minimum absolute atomic E-state index is 0.00389. The van der Waals surface area contributed by atoms with Crippen LogP contribution in [0.25, 0.3) is 21.6 Å². The highest BCUT2D eigenvalue weighted by Gasteiger charge is 2.41. The third kappa shape index (κ3) is 13.5. The van der Waals surface area contributed by atoms with Crippen molar-refractivity contribution >= 4 is 57.6 Å². The normalized spacial score (nSPS) is 18.2. The smallest absolute Gasteiger partial charge is 0.416 e. The summed E-state index contributed by atoms with van der Waals surface area (Å²) in [5.74, 6) is 0.0163. The molecule has 336 valence electrons. The number of aryl methyl sites for hydroxylation is 1. The van der Waals surface area contributed by atoms with Gasteiger partial charge in [-0.3, -0.25) is 23.9 Å². The lowest BCUT2D eigenvalue weighted by atomic mass is 10.1. The summed E-state index contributed by atoms with van der Waals surface area (Å²) in [5.41, 5.74) is 7.41. The summed E-state index contributed by atoms with van der Waals surface area (Å²) in [7, 11) is 1.63.